The maximum Gasteiger partial charge on any atom is 0.259 e. The van der Waals surface area contributed by atoms with Gasteiger partial charge in [-0.1, -0.05) is 30.3 Å². The number of amides is 1. The van der Waals surface area contributed by atoms with Crippen LogP contribution >= 0.6 is 0 Å². The number of carbonyl (C=O) groups excluding carboxylic acids is 1. The van der Waals surface area contributed by atoms with Gasteiger partial charge >= 0.3 is 0 Å². The number of piperidine rings is 1. The van der Waals surface area contributed by atoms with Gasteiger partial charge in [0.15, 0.2) is 0 Å². The van der Waals surface area contributed by atoms with Crippen molar-refractivity contribution in [3.05, 3.63) is 71.4 Å². The van der Waals surface area contributed by atoms with Crippen molar-refractivity contribution in [3.63, 3.8) is 0 Å². The number of aromatic nitrogens is 1. The molecule has 3 heterocycles. The number of para-hydroxylation sites is 1. The van der Waals surface area contributed by atoms with E-state index < -0.39 is 10.0 Å². The maximum absolute atomic E-state index is 13.5. The van der Waals surface area contributed by atoms with E-state index in [1.165, 1.54) is 0 Å². The fourth-order valence-electron chi connectivity index (χ4n) is 4.60. The van der Waals surface area contributed by atoms with E-state index in [2.05, 4.69) is 9.38 Å². The Labute approximate surface area is 192 Å². The summed E-state index contributed by atoms with van der Waals surface area (Å²) in [5, 5.41) is 0.831. The first-order valence-corrected chi connectivity index (χ1v) is 12.5. The van der Waals surface area contributed by atoms with Crippen LogP contribution in [0.2, 0.25) is 0 Å². The predicted octanol–water partition coefficient (Wildman–Crippen LogP) is 2.86. The molecular formula is C24H24N4O4S. The molecule has 0 aliphatic carbocycles. The van der Waals surface area contributed by atoms with E-state index in [1.54, 1.807) is 30.5 Å². The number of fused-ring (bicyclic) bond motifs is 2. The Hall–Kier alpha value is -3.46. The minimum atomic E-state index is -3.62. The number of amidine groups is 1. The zero-order chi connectivity index (χ0) is 23.0. The Kier molecular flexibility index (Phi) is 5.49. The molecule has 0 saturated carbocycles. The van der Waals surface area contributed by atoms with Crippen molar-refractivity contribution < 1.29 is 17.9 Å². The SMILES string of the molecule is NC1=NS(=O)(=O)Cc2cccc(OC[C@H]3CCCCN3C(=O)c3ccnc4ccccc34)c21. The first-order chi connectivity index (χ1) is 15.9. The Morgan fingerprint density at radius 2 is 1.97 bits per heavy atom. The smallest absolute Gasteiger partial charge is 0.259 e. The largest absolute Gasteiger partial charge is 0.491 e. The van der Waals surface area contributed by atoms with Crippen LogP contribution in [0.5, 0.6) is 5.75 Å². The summed E-state index contributed by atoms with van der Waals surface area (Å²) < 4.78 is 33.6. The van der Waals surface area contributed by atoms with Crippen LogP contribution in [-0.2, 0) is 15.8 Å². The van der Waals surface area contributed by atoms with Crippen molar-refractivity contribution in [1.29, 1.82) is 0 Å². The summed E-state index contributed by atoms with van der Waals surface area (Å²) in [6, 6.07) is 14.5. The van der Waals surface area contributed by atoms with E-state index in [4.69, 9.17) is 10.5 Å². The van der Waals surface area contributed by atoms with Crippen LogP contribution in [0.4, 0.5) is 0 Å². The summed E-state index contributed by atoms with van der Waals surface area (Å²) in [7, 11) is -3.62. The first-order valence-electron chi connectivity index (χ1n) is 10.9. The second-order valence-electron chi connectivity index (χ2n) is 8.33. The maximum atomic E-state index is 13.5. The molecule has 0 unspecified atom stereocenters. The Bertz CT molecular complexity index is 1360. The number of likely N-dealkylation sites (tertiary alicyclic amines) is 1. The van der Waals surface area contributed by atoms with Crippen molar-refractivity contribution in [2.24, 2.45) is 10.1 Å². The number of hydrogen-bond acceptors (Lipinski definition) is 6. The van der Waals surface area contributed by atoms with Crippen LogP contribution in [0, 0.1) is 0 Å². The predicted molar refractivity (Wildman–Crippen MR) is 126 cm³/mol. The average molecular weight is 465 g/mol. The molecule has 0 spiro atoms. The van der Waals surface area contributed by atoms with Gasteiger partial charge in [-0.15, -0.1) is 4.40 Å². The summed E-state index contributed by atoms with van der Waals surface area (Å²) in [4.78, 5) is 19.8. The van der Waals surface area contributed by atoms with E-state index in [-0.39, 0.29) is 30.1 Å². The Morgan fingerprint density at radius 1 is 1.12 bits per heavy atom. The van der Waals surface area contributed by atoms with Crippen LogP contribution in [0.25, 0.3) is 10.9 Å². The first kappa shape index (κ1) is 21.4. The second kappa shape index (κ2) is 8.47. The third kappa shape index (κ3) is 4.16. The minimum absolute atomic E-state index is 0.0378. The van der Waals surface area contributed by atoms with Gasteiger partial charge in [0.1, 0.15) is 18.2 Å². The van der Waals surface area contributed by atoms with Crippen LogP contribution in [0.1, 0.15) is 40.7 Å². The summed E-state index contributed by atoms with van der Waals surface area (Å²) in [5.74, 6) is 0.176. The summed E-state index contributed by atoms with van der Waals surface area (Å²) in [6.07, 6.45) is 4.42. The normalized spacial score (nSPS) is 19.6. The lowest BCUT2D eigenvalue weighted by atomic mass is 10.00. The lowest BCUT2D eigenvalue weighted by molar-refractivity contribution is 0.0530. The van der Waals surface area contributed by atoms with Gasteiger partial charge in [0.2, 0.25) is 0 Å². The van der Waals surface area contributed by atoms with Gasteiger partial charge in [-0.3, -0.25) is 9.78 Å². The molecule has 2 aromatic carbocycles. The summed E-state index contributed by atoms with van der Waals surface area (Å²) in [5.41, 5.74) is 8.46. The molecule has 9 heteroatoms. The minimum Gasteiger partial charge on any atom is -0.491 e. The fourth-order valence-corrected chi connectivity index (χ4v) is 5.69. The molecule has 1 amide bonds. The highest BCUT2D eigenvalue weighted by molar-refractivity contribution is 7.89. The lowest BCUT2D eigenvalue weighted by Gasteiger charge is -2.36. The average Bonchev–Trinajstić information content (AvgIpc) is 2.81. The number of nitrogens with zero attached hydrogens (tertiary/aromatic N) is 3. The van der Waals surface area contributed by atoms with Crippen LogP contribution < -0.4 is 10.5 Å². The van der Waals surface area contributed by atoms with E-state index in [1.807, 2.05) is 29.2 Å². The molecule has 1 fully saturated rings. The Balaban J connectivity index is 1.40. The molecule has 0 radical (unpaired) electrons. The van der Waals surface area contributed by atoms with Gasteiger partial charge in [0, 0.05) is 18.1 Å². The number of hydrogen-bond donors (Lipinski definition) is 1. The molecule has 8 nitrogen and oxygen atoms in total. The number of rotatable bonds is 4. The van der Waals surface area contributed by atoms with Gasteiger partial charge in [-0.05, 0) is 43.0 Å². The number of benzene rings is 2. The number of sulfonamides is 1. The van der Waals surface area contributed by atoms with Crippen molar-refractivity contribution in [1.82, 2.24) is 9.88 Å². The van der Waals surface area contributed by atoms with E-state index in [0.29, 0.717) is 29.0 Å². The van der Waals surface area contributed by atoms with Gasteiger partial charge in [0.25, 0.3) is 15.9 Å². The third-order valence-corrected chi connectivity index (χ3v) is 7.29. The molecule has 1 saturated heterocycles. The van der Waals surface area contributed by atoms with Gasteiger partial charge < -0.3 is 15.4 Å². The number of nitrogens with two attached hydrogens (primary N) is 1. The molecule has 3 aromatic rings. The number of carbonyl (C=O) groups is 1. The Morgan fingerprint density at radius 3 is 2.85 bits per heavy atom. The number of pyridine rings is 1. The van der Waals surface area contributed by atoms with E-state index >= 15 is 0 Å². The van der Waals surface area contributed by atoms with Gasteiger partial charge in [-0.25, -0.2) is 8.42 Å². The van der Waals surface area contributed by atoms with Gasteiger partial charge in [-0.2, -0.15) is 0 Å². The monoisotopic (exact) mass is 464 g/mol. The third-order valence-electron chi connectivity index (χ3n) is 6.14. The zero-order valence-corrected chi connectivity index (χ0v) is 18.8. The van der Waals surface area contributed by atoms with Gasteiger partial charge in [0.05, 0.1) is 28.4 Å². The standard InChI is InChI=1S/C24H24N4O4S/c25-23-22-16(15-33(30,31)27-23)6-5-10-21(22)32-14-17-7-3-4-13-28(17)24(29)19-11-12-26-20-9-2-1-8-18(19)20/h1-2,5-6,8-12,17H,3-4,7,13-15H2,(H2,25,27)/t17-/m1/s1. The van der Waals surface area contributed by atoms with Crippen molar-refractivity contribution in [3.8, 4) is 5.75 Å². The van der Waals surface area contributed by atoms with Crippen LogP contribution in [0.15, 0.2) is 59.1 Å². The zero-order valence-electron chi connectivity index (χ0n) is 18.0. The summed E-state index contributed by atoms with van der Waals surface area (Å²) >= 11 is 0. The molecule has 1 atom stereocenters. The molecule has 2 N–H and O–H groups in total. The molecule has 1 aromatic heterocycles. The van der Waals surface area contributed by atoms with E-state index in [9.17, 15) is 13.2 Å². The highest BCUT2D eigenvalue weighted by atomic mass is 32.2. The summed E-state index contributed by atoms with van der Waals surface area (Å²) in [6.45, 7) is 0.934. The lowest BCUT2D eigenvalue weighted by Crippen LogP contribution is -2.46. The molecule has 2 aliphatic heterocycles. The van der Waals surface area contributed by atoms with Crippen LogP contribution in [0.3, 0.4) is 0 Å². The number of ether oxygens (including phenoxy) is 1. The second-order valence-corrected chi connectivity index (χ2v) is 9.96. The van der Waals surface area contributed by atoms with Crippen LogP contribution in [-0.4, -0.2) is 49.2 Å². The highest BCUT2D eigenvalue weighted by Gasteiger charge is 2.30. The van der Waals surface area contributed by atoms with E-state index in [0.717, 1.165) is 30.2 Å². The van der Waals surface area contributed by atoms with Crippen molar-refractivity contribution >= 4 is 32.7 Å². The highest BCUT2D eigenvalue weighted by Crippen LogP contribution is 2.29. The molecular weight excluding hydrogens is 440 g/mol. The molecule has 2 aliphatic rings. The molecule has 0 bridgehead atoms. The topological polar surface area (TPSA) is 115 Å². The fraction of sp³-hybridized carbons (Fsp3) is 0.292. The van der Waals surface area contributed by atoms with Crippen molar-refractivity contribution in [2.75, 3.05) is 13.2 Å². The quantitative estimate of drug-likeness (QED) is 0.635. The van der Waals surface area contributed by atoms with Crippen molar-refractivity contribution in [2.45, 2.75) is 31.1 Å². The molecule has 5 rings (SSSR count). The molecule has 33 heavy (non-hydrogen) atoms. The molecule has 170 valence electrons.